The zero-order valence-corrected chi connectivity index (χ0v) is 13.3. The van der Waals surface area contributed by atoms with Crippen molar-refractivity contribution in [2.75, 3.05) is 6.54 Å². The highest BCUT2D eigenvalue weighted by Gasteiger charge is 2.16. The van der Waals surface area contributed by atoms with Gasteiger partial charge >= 0.3 is 0 Å². The molecule has 0 aliphatic rings. The summed E-state index contributed by atoms with van der Waals surface area (Å²) in [4.78, 5) is 21.9. The molecule has 0 radical (unpaired) electrons. The smallest absolute Gasteiger partial charge is 0.269 e. The summed E-state index contributed by atoms with van der Waals surface area (Å²) >= 11 is 12.7. The van der Waals surface area contributed by atoms with Crippen LogP contribution >= 0.6 is 34.5 Å². The first kappa shape index (κ1) is 16.7. The molecule has 1 amide bonds. The number of aliphatic hydroxyl groups is 1. The fourth-order valence-electron chi connectivity index (χ4n) is 1.72. The lowest BCUT2D eigenvalue weighted by Crippen LogP contribution is -2.28. The summed E-state index contributed by atoms with van der Waals surface area (Å²) in [5.41, 5.74) is 0.632. The number of non-ortho nitro benzene ring substituents is 1. The van der Waals surface area contributed by atoms with Crippen LogP contribution in [0.3, 0.4) is 0 Å². The summed E-state index contributed by atoms with van der Waals surface area (Å²) in [5.74, 6) is -0.450. The summed E-state index contributed by atoms with van der Waals surface area (Å²) < 4.78 is 0.665. The Bertz CT molecular complexity index is 703. The summed E-state index contributed by atoms with van der Waals surface area (Å²) in [7, 11) is 0. The molecule has 1 heterocycles. The van der Waals surface area contributed by atoms with Gasteiger partial charge in [0, 0.05) is 18.7 Å². The average Bonchev–Trinajstić information content (AvgIpc) is 2.83. The molecule has 1 unspecified atom stereocenters. The molecule has 0 aliphatic heterocycles. The Kier molecular flexibility index (Phi) is 5.36. The summed E-state index contributed by atoms with van der Waals surface area (Å²) in [6, 6.07) is 6.89. The third kappa shape index (κ3) is 3.95. The van der Waals surface area contributed by atoms with E-state index in [1.54, 1.807) is 0 Å². The number of aliphatic hydroxyl groups excluding tert-OH is 1. The average molecular weight is 361 g/mol. The second-order valence-corrected chi connectivity index (χ2v) is 6.60. The number of nitro benzene ring substituents is 1. The van der Waals surface area contributed by atoms with Gasteiger partial charge in [0.25, 0.3) is 11.6 Å². The van der Waals surface area contributed by atoms with Crippen molar-refractivity contribution >= 4 is 46.1 Å². The van der Waals surface area contributed by atoms with Crippen molar-refractivity contribution in [3.8, 4) is 0 Å². The molecular formula is C13H10Cl2N2O4S. The van der Waals surface area contributed by atoms with Crippen molar-refractivity contribution in [1.29, 1.82) is 0 Å². The molecule has 9 heteroatoms. The van der Waals surface area contributed by atoms with Gasteiger partial charge in [-0.25, -0.2) is 0 Å². The van der Waals surface area contributed by atoms with Gasteiger partial charge < -0.3 is 10.4 Å². The van der Waals surface area contributed by atoms with Crippen molar-refractivity contribution in [3.63, 3.8) is 0 Å². The van der Waals surface area contributed by atoms with Gasteiger partial charge in [-0.2, -0.15) is 0 Å². The molecule has 2 rings (SSSR count). The SMILES string of the molecule is O=C(NCC(O)c1ccc([N+](=O)[O-])cc1)c1cc(Cl)sc1Cl. The van der Waals surface area contributed by atoms with Crippen LogP contribution in [0.25, 0.3) is 0 Å². The second kappa shape index (κ2) is 7.06. The standard InChI is InChI=1S/C13H10Cl2N2O4S/c14-11-5-9(12(15)22-11)13(19)16-6-10(18)7-1-3-8(4-2-7)17(20)21/h1-5,10,18H,6H2,(H,16,19). The molecule has 0 aliphatic carbocycles. The Morgan fingerprint density at radius 3 is 2.50 bits per heavy atom. The van der Waals surface area contributed by atoms with E-state index in [1.165, 1.54) is 30.3 Å². The first-order valence-corrected chi connectivity index (χ1v) is 7.61. The molecule has 0 saturated carbocycles. The molecule has 116 valence electrons. The Labute approximate surface area is 139 Å². The Morgan fingerprint density at radius 2 is 2.00 bits per heavy atom. The number of rotatable bonds is 5. The number of amides is 1. The summed E-state index contributed by atoms with van der Waals surface area (Å²) in [6.45, 7) is -0.0551. The van der Waals surface area contributed by atoms with Gasteiger partial charge in [0.1, 0.15) is 4.34 Å². The predicted molar refractivity (Wildman–Crippen MR) is 84.7 cm³/mol. The topological polar surface area (TPSA) is 92.5 Å². The Hall–Kier alpha value is -1.67. The van der Waals surface area contributed by atoms with Crippen molar-refractivity contribution in [1.82, 2.24) is 5.32 Å². The monoisotopic (exact) mass is 360 g/mol. The van der Waals surface area contributed by atoms with Gasteiger partial charge in [-0.05, 0) is 23.8 Å². The van der Waals surface area contributed by atoms with E-state index in [9.17, 15) is 20.0 Å². The summed E-state index contributed by atoms with van der Waals surface area (Å²) in [6.07, 6.45) is -0.988. The van der Waals surface area contributed by atoms with Gasteiger partial charge in [-0.1, -0.05) is 23.2 Å². The van der Waals surface area contributed by atoms with E-state index in [2.05, 4.69) is 5.32 Å². The van der Waals surface area contributed by atoms with E-state index in [0.717, 1.165) is 11.3 Å². The van der Waals surface area contributed by atoms with Crippen LogP contribution in [-0.4, -0.2) is 22.5 Å². The van der Waals surface area contributed by atoms with Crippen LogP contribution in [0.1, 0.15) is 22.0 Å². The number of hydrogen-bond acceptors (Lipinski definition) is 5. The molecule has 0 spiro atoms. The van der Waals surface area contributed by atoms with Gasteiger partial charge in [0.2, 0.25) is 0 Å². The molecule has 0 bridgehead atoms. The molecule has 2 N–H and O–H groups in total. The van der Waals surface area contributed by atoms with E-state index >= 15 is 0 Å². The second-order valence-electron chi connectivity index (χ2n) is 4.31. The van der Waals surface area contributed by atoms with Crippen molar-refractivity contribution in [2.45, 2.75) is 6.10 Å². The van der Waals surface area contributed by atoms with Crippen molar-refractivity contribution in [2.24, 2.45) is 0 Å². The van der Waals surface area contributed by atoms with E-state index in [1.807, 2.05) is 0 Å². The van der Waals surface area contributed by atoms with Gasteiger partial charge in [0.15, 0.2) is 0 Å². The molecule has 0 fully saturated rings. The van der Waals surface area contributed by atoms with Crippen LogP contribution in [0.4, 0.5) is 5.69 Å². The zero-order chi connectivity index (χ0) is 16.3. The van der Waals surface area contributed by atoms with Gasteiger partial charge in [-0.3, -0.25) is 14.9 Å². The normalized spacial score (nSPS) is 12.0. The number of thiophene rings is 1. The molecule has 6 nitrogen and oxygen atoms in total. The highest BCUT2D eigenvalue weighted by molar-refractivity contribution is 7.20. The highest BCUT2D eigenvalue weighted by atomic mass is 35.5. The highest BCUT2D eigenvalue weighted by Crippen LogP contribution is 2.31. The minimum Gasteiger partial charge on any atom is -0.387 e. The van der Waals surface area contributed by atoms with E-state index in [-0.39, 0.29) is 22.1 Å². The first-order chi connectivity index (χ1) is 10.4. The largest absolute Gasteiger partial charge is 0.387 e. The number of carbonyl (C=O) groups excluding carboxylic acids is 1. The summed E-state index contributed by atoms with van der Waals surface area (Å²) in [5, 5.41) is 23.1. The Balaban J connectivity index is 1.97. The quantitative estimate of drug-likeness (QED) is 0.630. The number of nitrogens with zero attached hydrogens (tertiary/aromatic N) is 1. The van der Waals surface area contributed by atoms with Gasteiger partial charge in [-0.15, -0.1) is 11.3 Å². The lowest BCUT2D eigenvalue weighted by atomic mass is 10.1. The van der Waals surface area contributed by atoms with Crippen molar-refractivity contribution in [3.05, 3.63) is 60.2 Å². The number of hydrogen-bond donors (Lipinski definition) is 2. The molecule has 1 atom stereocenters. The molecule has 0 saturated heterocycles. The maximum Gasteiger partial charge on any atom is 0.269 e. The Morgan fingerprint density at radius 1 is 1.36 bits per heavy atom. The zero-order valence-electron chi connectivity index (χ0n) is 11.0. The molecule has 1 aromatic heterocycles. The molecular weight excluding hydrogens is 351 g/mol. The third-order valence-corrected chi connectivity index (χ3v) is 4.33. The predicted octanol–water partition coefficient (Wildman–Crippen LogP) is 3.43. The van der Waals surface area contributed by atoms with E-state index < -0.39 is 16.9 Å². The lowest BCUT2D eigenvalue weighted by Gasteiger charge is -2.12. The maximum absolute atomic E-state index is 11.9. The number of benzene rings is 1. The fraction of sp³-hybridized carbons (Fsp3) is 0.154. The first-order valence-electron chi connectivity index (χ1n) is 6.04. The van der Waals surface area contributed by atoms with Crippen LogP contribution in [0.15, 0.2) is 30.3 Å². The minimum absolute atomic E-state index is 0.0551. The van der Waals surface area contributed by atoms with Crippen molar-refractivity contribution < 1.29 is 14.8 Å². The van der Waals surface area contributed by atoms with Crippen LogP contribution in [0.5, 0.6) is 0 Å². The van der Waals surface area contributed by atoms with Crippen LogP contribution in [0, 0.1) is 10.1 Å². The van der Waals surface area contributed by atoms with Gasteiger partial charge in [0.05, 0.1) is 20.9 Å². The minimum atomic E-state index is -0.988. The van der Waals surface area contributed by atoms with Crippen LogP contribution in [-0.2, 0) is 0 Å². The van der Waals surface area contributed by atoms with Crippen LogP contribution < -0.4 is 5.32 Å². The lowest BCUT2D eigenvalue weighted by molar-refractivity contribution is -0.384. The number of nitro groups is 1. The maximum atomic E-state index is 11.9. The third-order valence-electron chi connectivity index (χ3n) is 2.85. The van der Waals surface area contributed by atoms with Crippen LogP contribution in [0.2, 0.25) is 8.67 Å². The number of nitrogens with one attached hydrogen (secondary N) is 1. The molecule has 1 aromatic carbocycles. The van der Waals surface area contributed by atoms with E-state index in [4.69, 9.17) is 23.2 Å². The fourth-order valence-corrected chi connectivity index (χ4v) is 3.17. The molecule has 22 heavy (non-hydrogen) atoms. The molecule has 2 aromatic rings. The number of halogens is 2. The van der Waals surface area contributed by atoms with E-state index in [0.29, 0.717) is 9.90 Å². The number of carbonyl (C=O) groups is 1.